The van der Waals surface area contributed by atoms with Gasteiger partial charge in [-0.3, -0.25) is 0 Å². The highest BCUT2D eigenvalue weighted by atomic mass is 16.7. The largest absolute Gasteiger partial charge is 0.497 e. The van der Waals surface area contributed by atoms with Crippen LogP contribution in [0.5, 0.6) is 5.75 Å². The molecule has 1 heterocycles. The SMILES string of the molecule is COc1ccc(C(=O)OC[C@@H]2CCOC(c3ccccc3)O2)cc1. The number of hydrogen-bond acceptors (Lipinski definition) is 5. The van der Waals surface area contributed by atoms with Crippen molar-refractivity contribution in [3.05, 3.63) is 65.7 Å². The Bertz CT molecular complexity index is 653. The molecule has 1 aliphatic rings. The molecule has 0 bridgehead atoms. The average Bonchev–Trinajstić information content (AvgIpc) is 2.67. The van der Waals surface area contributed by atoms with Crippen molar-refractivity contribution in [2.75, 3.05) is 20.3 Å². The Morgan fingerprint density at radius 3 is 2.58 bits per heavy atom. The highest BCUT2D eigenvalue weighted by molar-refractivity contribution is 5.89. The third kappa shape index (κ3) is 4.13. The summed E-state index contributed by atoms with van der Waals surface area (Å²) in [6, 6.07) is 16.6. The summed E-state index contributed by atoms with van der Waals surface area (Å²) in [5, 5.41) is 0. The number of rotatable bonds is 5. The molecule has 3 rings (SSSR count). The molecule has 0 amide bonds. The smallest absolute Gasteiger partial charge is 0.338 e. The number of carbonyl (C=O) groups excluding carboxylic acids is 1. The van der Waals surface area contributed by atoms with Crippen LogP contribution in [-0.2, 0) is 14.2 Å². The van der Waals surface area contributed by atoms with Crippen LogP contribution >= 0.6 is 0 Å². The van der Waals surface area contributed by atoms with Crippen LogP contribution in [0.3, 0.4) is 0 Å². The molecule has 0 N–H and O–H groups in total. The van der Waals surface area contributed by atoms with Crippen LogP contribution in [0.25, 0.3) is 0 Å². The first-order valence-electron chi connectivity index (χ1n) is 7.89. The second-order valence-corrected chi connectivity index (χ2v) is 5.49. The minimum absolute atomic E-state index is 0.175. The van der Waals surface area contributed by atoms with Crippen LogP contribution in [-0.4, -0.2) is 32.4 Å². The number of methoxy groups -OCH3 is 1. The van der Waals surface area contributed by atoms with Crippen LogP contribution in [0, 0.1) is 0 Å². The Labute approximate surface area is 141 Å². The van der Waals surface area contributed by atoms with Gasteiger partial charge in [-0.05, 0) is 24.3 Å². The molecule has 0 aliphatic carbocycles. The van der Waals surface area contributed by atoms with E-state index in [0.717, 1.165) is 5.56 Å². The van der Waals surface area contributed by atoms with E-state index in [0.29, 0.717) is 24.3 Å². The Balaban J connectivity index is 1.53. The fourth-order valence-corrected chi connectivity index (χ4v) is 2.48. The van der Waals surface area contributed by atoms with Crippen LogP contribution in [0.1, 0.15) is 28.6 Å². The lowest BCUT2D eigenvalue weighted by Crippen LogP contribution is -2.31. The highest BCUT2D eigenvalue weighted by Gasteiger charge is 2.25. The lowest BCUT2D eigenvalue weighted by atomic mass is 10.2. The molecule has 2 aromatic carbocycles. The zero-order valence-corrected chi connectivity index (χ0v) is 13.5. The predicted octanol–water partition coefficient (Wildman–Crippen LogP) is 3.36. The van der Waals surface area contributed by atoms with E-state index in [4.69, 9.17) is 18.9 Å². The summed E-state index contributed by atoms with van der Waals surface area (Å²) in [5.74, 6) is 0.328. The van der Waals surface area contributed by atoms with Gasteiger partial charge < -0.3 is 18.9 Å². The minimum Gasteiger partial charge on any atom is -0.497 e. The maximum atomic E-state index is 12.1. The third-order valence-electron chi connectivity index (χ3n) is 3.82. The molecule has 1 aliphatic heterocycles. The van der Waals surface area contributed by atoms with Crippen molar-refractivity contribution >= 4 is 5.97 Å². The third-order valence-corrected chi connectivity index (χ3v) is 3.82. The van der Waals surface area contributed by atoms with Crippen molar-refractivity contribution in [2.24, 2.45) is 0 Å². The van der Waals surface area contributed by atoms with Crippen molar-refractivity contribution in [3.63, 3.8) is 0 Å². The second kappa shape index (κ2) is 7.95. The van der Waals surface area contributed by atoms with E-state index in [1.807, 2.05) is 30.3 Å². The van der Waals surface area contributed by atoms with E-state index in [1.54, 1.807) is 31.4 Å². The van der Waals surface area contributed by atoms with Gasteiger partial charge in [-0.2, -0.15) is 0 Å². The van der Waals surface area contributed by atoms with Crippen LogP contribution < -0.4 is 4.74 Å². The lowest BCUT2D eigenvalue weighted by molar-refractivity contribution is -0.224. The van der Waals surface area contributed by atoms with Gasteiger partial charge in [-0.1, -0.05) is 30.3 Å². The number of benzene rings is 2. The molecule has 126 valence electrons. The van der Waals surface area contributed by atoms with E-state index in [9.17, 15) is 4.79 Å². The van der Waals surface area contributed by atoms with Gasteiger partial charge in [-0.25, -0.2) is 4.79 Å². The second-order valence-electron chi connectivity index (χ2n) is 5.49. The van der Waals surface area contributed by atoms with Gasteiger partial charge in [0.2, 0.25) is 0 Å². The summed E-state index contributed by atoms with van der Waals surface area (Å²) in [5.41, 5.74) is 1.45. The molecule has 2 atom stereocenters. The predicted molar refractivity (Wildman–Crippen MR) is 87.9 cm³/mol. The van der Waals surface area contributed by atoms with E-state index in [2.05, 4.69) is 0 Å². The first-order chi connectivity index (χ1) is 11.8. The molecule has 0 radical (unpaired) electrons. The molecule has 5 heteroatoms. The molecular formula is C19H20O5. The van der Waals surface area contributed by atoms with E-state index >= 15 is 0 Å². The summed E-state index contributed by atoms with van der Waals surface area (Å²) in [6.07, 6.45) is 0.106. The van der Waals surface area contributed by atoms with E-state index < -0.39 is 6.29 Å². The Morgan fingerprint density at radius 2 is 1.88 bits per heavy atom. The number of ether oxygens (including phenoxy) is 4. The van der Waals surface area contributed by atoms with Gasteiger partial charge in [-0.15, -0.1) is 0 Å². The van der Waals surface area contributed by atoms with Crippen LogP contribution in [0.4, 0.5) is 0 Å². The molecule has 0 saturated carbocycles. The highest BCUT2D eigenvalue weighted by Crippen LogP contribution is 2.26. The topological polar surface area (TPSA) is 54.0 Å². The Kier molecular flexibility index (Phi) is 5.46. The monoisotopic (exact) mass is 328 g/mol. The van der Waals surface area contributed by atoms with Gasteiger partial charge in [0.05, 0.1) is 25.4 Å². The summed E-state index contributed by atoms with van der Waals surface area (Å²) in [7, 11) is 1.58. The van der Waals surface area contributed by atoms with Gasteiger partial charge in [0, 0.05) is 12.0 Å². The molecular weight excluding hydrogens is 308 g/mol. The Hall–Kier alpha value is -2.37. The van der Waals surface area contributed by atoms with Gasteiger partial charge in [0.25, 0.3) is 0 Å². The fraction of sp³-hybridized carbons (Fsp3) is 0.316. The molecule has 0 spiro atoms. The normalized spacial score (nSPS) is 20.4. The van der Waals surface area contributed by atoms with Crippen molar-refractivity contribution in [2.45, 2.75) is 18.8 Å². The molecule has 5 nitrogen and oxygen atoms in total. The van der Waals surface area contributed by atoms with Crippen molar-refractivity contribution in [1.82, 2.24) is 0 Å². The summed E-state index contributed by atoms with van der Waals surface area (Å²) >= 11 is 0. The van der Waals surface area contributed by atoms with Crippen LogP contribution in [0.15, 0.2) is 54.6 Å². The average molecular weight is 328 g/mol. The van der Waals surface area contributed by atoms with Crippen molar-refractivity contribution in [1.29, 1.82) is 0 Å². The maximum Gasteiger partial charge on any atom is 0.338 e. The number of esters is 1. The molecule has 1 saturated heterocycles. The lowest BCUT2D eigenvalue weighted by Gasteiger charge is -2.30. The molecule has 0 aromatic heterocycles. The van der Waals surface area contributed by atoms with E-state index in [-0.39, 0.29) is 18.7 Å². The number of hydrogen-bond donors (Lipinski definition) is 0. The quantitative estimate of drug-likeness (QED) is 0.788. The molecule has 24 heavy (non-hydrogen) atoms. The van der Waals surface area contributed by atoms with E-state index in [1.165, 1.54) is 0 Å². The molecule has 1 fully saturated rings. The summed E-state index contributed by atoms with van der Waals surface area (Å²) in [4.78, 5) is 12.1. The number of carbonyl (C=O) groups is 1. The van der Waals surface area contributed by atoms with Gasteiger partial charge >= 0.3 is 5.97 Å². The minimum atomic E-state index is -0.412. The fourth-order valence-electron chi connectivity index (χ4n) is 2.48. The van der Waals surface area contributed by atoms with Crippen LogP contribution in [0.2, 0.25) is 0 Å². The van der Waals surface area contributed by atoms with Crippen molar-refractivity contribution in [3.8, 4) is 5.75 Å². The standard InChI is InChI=1S/C19H20O5/c1-21-16-9-7-14(8-10-16)18(20)23-13-17-11-12-22-19(24-17)15-5-3-2-4-6-15/h2-10,17,19H,11-13H2,1H3/t17-,19?/m0/s1. The van der Waals surface area contributed by atoms with Crippen molar-refractivity contribution < 1.29 is 23.7 Å². The zero-order chi connectivity index (χ0) is 16.8. The zero-order valence-electron chi connectivity index (χ0n) is 13.5. The maximum absolute atomic E-state index is 12.1. The summed E-state index contributed by atoms with van der Waals surface area (Å²) in [6.45, 7) is 0.780. The first kappa shape index (κ1) is 16.5. The first-order valence-corrected chi connectivity index (χ1v) is 7.89. The molecule has 1 unspecified atom stereocenters. The Morgan fingerprint density at radius 1 is 1.12 bits per heavy atom. The van der Waals surface area contributed by atoms with Gasteiger partial charge in [0.15, 0.2) is 6.29 Å². The van der Waals surface area contributed by atoms with Gasteiger partial charge in [0.1, 0.15) is 12.4 Å². The molecule has 2 aromatic rings. The summed E-state index contributed by atoms with van der Waals surface area (Å²) < 4.78 is 21.9.